The number of anilines is 1. The molecule has 2 N–H and O–H groups in total. The van der Waals surface area contributed by atoms with E-state index in [-0.39, 0.29) is 0 Å². The van der Waals surface area contributed by atoms with Crippen LogP contribution in [-0.4, -0.2) is 5.16 Å². The summed E-state index contributed by atoms with van der Waals surface area (Å²) < 4.78 is 4.91. The zero-order valence-corrected chi connectivity index (χ0v) is 8.92. The minimum Gasteiger partial charge on any atom is -0.368 e. The molecule has 1 heterocycles. The molecule has 2 rings (SSSR count). The molecule has 0 radical (unpaired) electrons. The molecule has 0 spiro atoms. The maximum Gasteiger partial charge on any atom is 0.222 e. The quantitative estimate of drug-likeness (QED) is 0.747. The molecular formula is C11H18N2O. The van der Waals surface area contributed by atoms with Gasteiger partial charge in [0.1, 0.15) is 0 Å². The second-order valence-corrected chi connectivity index (χ2v) is 5.11. The Morgan fingerprint density at radius 2 is 2.36 bits per heavy atom. The molecule has 1 atom stereocenters. The molecule has 0 aliphatic heterocycles. The van der Waals surface area contributed by atoms with Gasteiger partial charge in [-0.3, -0.25) is 0 Å². The molecule has 1 saturated carbocycles. The monoisotopic (exact) mass is 194 g/mol. The Morgan fingerprint density at radius 3 is 2.93 bits per heavy atom. The number of nitrogens with zero attached hydrogens (tertiary/aromatic N) is 1. The fraction of sp³-hybridized carbons (Fsp3) is 0.727. The second kappa shape index (κ2) is 3.30. The predicted molar refractivity (Wildman–Crippen MR) is 55.9 cm³/mol. The Labute approximate surface area is 84.7 Å². The lowest BCUT2D eigenvalue weighted by atomic mass is 9.71. The summed E-state index contributed by atoms with van der Waals surface area (Å²) in [5, 5.41) is 4.00. The van der Waals surface area contributed by atoms with Crippen molar-refractivity contribution in [3.8, 4) is 0 Å². The van der Waals surface area contributed by atoms with Gasteiger partial charge in [0, 0.05) is 12.0 Å². The predicted octanol–water partition coefficient (Wildman–Crippen LogP) is 2.94. The Bertz CT molecular complexity index is 317. The molecule has 0 aromatic carbocycles. The first kappa shape index (κ1) is 9.56. The molecular weight excluding hydrogens is 176 g/mol. The van der Waals surface area contributed by atoms with Gasteiger partial charge in [-0.25, -0.2) is 0 Å². The van der Waals surface area contributed by atoms with Crippen LogP contribution in [0.15, 0.2) is 10.6 Å². The zero-order chi connectivity index (χ0) is 10.2. The first-order chi connectivity index (χ1) is 6.57. The van der Waals surface area contributed by atoms with Crippen molar-refractivity contribution < 1.29 is 4.52 Å². The molecule has 1 aliphatic carbocycles. The lowest BCUT2D eigenvalue weighted by molar-refractivity contribution is 0.214. The fourth-order valence-corrected chi connectivity index (χ4v) is 2.45. The number of hydrogen-bond acceptors (Lipinski definition) is 3. The largest absolute Gasteiger partial charge is 0.368 e. The fourth-order valence-electron chi connectivity index (χ4n) is 2.45. The van der Waals surface area contributed by atoms with Gasteiger partial charge in [-0.15, -0.1) is 0 Å². The molecule has 14 heavy (non-hydrogen) atoms. The summed E-state index contributed by atoms with van der Waals surface area (Å²) in [7, 11) is 0. The zero-order valence-electron chi connectivity index (χ0n) is 8.92. The highest BCUT2D eigenvalue weighted by atomic mass is 16.5. The van der Waals surface area contributed by atoms with Crippen molar-refractivity contribution in [3.63, 3.8) is 0 Å². The Hall–Kier alpha value is -0.990. The van der Waals surface area contributed by atoms with Gasteiger partial charge in [0.2, 0.25) is 5.88 Å². The van der Waals surface area contributed by atoms with Crippen LogP contribution in [0.25, 0.3) is 0 Å². The summed E-state index contributed by atoms with van der Waals surface area (Å²) in [6.07, 6.45) is 5.01. The first-order valence-corrected chi connectivity index (χ1v) is 5.29. The Balaban J connectivity index is 2.12. The number of hydrogen-bond donors (Lipinski definition) is 1. The van der Waals surface area contributed by atoms with Crippen LogP contribution in [0, 0.1) is 5.41 Å². The third kappa shape index (κ3) is 1.91. The molecule has 1 aliphatic rings. The summed E-state index contributed by atoms with van der Waals surface area (Å²) >= 11 is 0. The van der Waals surface area contributed by atoms with E-state index in [0.29, 0.717) is 17.2 Å². The molecule has 0 saturated heterocycles. The third-order valence-corrected chi connectivity index (χ3v) is 3.17. The van der Waals surface area contributed by atoms with Crippen molar-refractivity contribution in [1.82, 2.24) is 5.16 Å². The van der Waals surface area contributed by atoms with Gasteiger partial charge >= 0.3 is 0 Å². The highest BCUT2D eigenvalue weighted by molar-refractivity contribution is 5.26. The molecule has 78 valence electrons. The van der Waals surface area contributed by atoms with Crippen LogP contribution in [0.2, 0.25) is 0 Å². The molecule has 1 aromatic heterocycles. The number of nitrogen functional groups attached to an aromatic ring is 1. The van der Waals surface area contributed by atoms with Gasteiger partial charge < -0.3 is 10.3 Å². The van der Waals surface area contributed by atoms with E-state index in [1.807, 2.05) is 6.07 Å². The van der Waals surface area contributed by atoms with Crippen molar-refractivity contribution in [1.29, 1.82) is 0 Å². The maximum atomic E-state index is 5.52. The van der Waals surface area contributed by atoms with Gasteiger partial charge in [-0.05, 0) is 24.7 Å². The van der Waals surface area contributed by atoms with Gasteiger partial charge in [0.05, 0.1) is 5.69 Å². The van der Waals surface area contributed by atoms with Gasteiger partial charge in [0.15, 0.2) is 0 Å². The van der Waals surface area contributed by atoms with Crippen molar-refractivity contribution in [3.05, 3.63) is 11.8 Å². The summed E-state index contributed by atoms with van der Waals surface area (Å²) in [6, 6.07) is 1.87. The van der Waals surface area contributed by atoms with E-state index in [1.165, 1.54) is 25.7 Å². The highest BCUT2D eigenvalue weighted by Crippen LogP contribution is 2.43. The SMILES string of the molecule is CC1(C)CCCC(c2cc(N)on2)C1. The van der Waals surface area contributed by atoms with Gasteiger partial charge in [-0.2, -0.15) is 0 Å². The van der Waals surface area contributed by atoms with E-state index in [9.17, 15) is 0 Å². The number of nitrogens with two attached hydrogens (primary N) is 1. The number of aromatic nitrogens is 1. The maximum absolute atomic E-state index is 5.52. The molecule has 3 heteroatoms. The molecule has 0 bridgehead atoms. The van der Waals surface area contributed by atoms with Crippen LogP contribution < -0.4 is 5.73 Å². The topological polar surface area (TPSA) is 52.0 Å². The van der Waals surface area contributed by atoms with Crippen LogP contribution >= 0.6 is 0 Å². The van der Waals surface area contributed by atoms with Crippen molar-refractivity contribution in [2.75, 3.05) is 5.73 Å². The molecule has 1 fully saturated rings. The normalized spacial score (nSPS) is 26.3. The van der Waals surface area contributed by atoms with E-state index < -0.39 is 0 Å². The third-order valence-electron chi connectivity index (χ3n) is 3.17. The average molecular weight is 194 g/mol. The summed E-state index contributed by atoms with van der Waals surface area (Å²) in [5.74, 6) is 0.975. The van der Waals surface area contributed by atoms with Crippen LogP contribution in [0.5, 0.6) is 0 Å². The minimum atomic E-state index is 0.434. The van der Waals surface area contributed by atoms with E-state index >= 15 is 0 Å². The van der Waals surface area contributed by atoms with E-state index in [2.05, 4.69) is 19.0 Å². The summed E-state index contributed by atoms with van der Waals surface area (Å²) in [6.45, 7) is 4.64. The molecule has 3 nitrogen and oxygen atoms in total. The Morgan fingerprint density at radius 1 is 1.57 bits per heavy atom. The standard InChI is InChI=1S/C11H18N2O/c1-11(2)5-3-4-8(7-11)9-6-10(12)14-13-9/h6,8H,3-5,7,12H2,1-2H3. The molecule has 1 unspecified atom stereocenters. The van der Waals surface area contributed by atoms with E-state index in [0.717, 1.165) is 5.69 Å². The van der Waals surface area contributed by atoms with Crippen molar-refractivity contribution >= 4 is 5.88 Å². The summed E-state index contributed by atoms with van der Waals surface area (Å²) in [5.41, 5.74) is 7.00. The van der Waals surface area contributed by atoms with Crippen LogP contribution in [0.4, 0.5) is 5.88 Å². The molecule has 1 aromatic rings. The van der Waals surface area contributed by atoms with Crippen LogP contribution in [0.3, 0.4) is 0 Å². The number of rotatable bonds is 1. The van der Waals surface area contributed by atoms with Crippen LogP contribution in [0.1, 0.15) is 51.1 Å². The first-order valence-electron chi connectivity index (χ1n) is 5.29. The average Bonchev–Trinajstić information content (AvgIpc) is 2.50. The van der Waals surface area contributed by atoms with E-state index in [1.54, 1.807) is 0 Å². The van der Waals surface area contributed by atoms with Crippen LogP contribution in [-0.2, 0) is 0 Å². The lowest BCUT2D eigenvalue weighted by Crippen LogP contribution is -2.21. The lowest BCUT2D eigenvalue weighted by Gasteiger charge is -2.34. The molecule has 0 amide bonds. The van der Waals surface area contributed by atoms with Gasteiger partial charge in [0.25, 0.3) is 0 Å². The van der Waals surface area contributed by atoms with Crippen molar-refractivity contribution in [2.24, 2.45) is 5.41 Å². The van der Waals surface area contributed by atoms with E-state index in [4.69, 9.17) is 10.3 Å². The minimum absolute atomic E-state index is 0.434. The Kier molecular flexibility index (Phi) is 2.25. The summed E-state index contributed by atoms with van der Waals surface area (Å²) in [4.78, 5) is 0. The highest BCUT2D eigenvalue weighted by Gasteiger charge is 2.30. The smallest absolute Gasteiger partial charge is 0.222 e. The second-order valence-electron chi connectivity index (χ2n) is 5.11. The van der Waals surface area contributed by atoms with Crippen molar-refractivity contribution in [2.45, 2.75) is 45.4 Å². The van der Waals surface area contributed by atoms with Gasteiger partial charge in [-0.1, -0.05) is 25.4 Å².